The van der Waals surface area contributed by atoms with Crippen molar-refractivity contribution in [3.63, 3.8) is 0 Å². The molecular formula is C12H13NO2. The van der Waals surface area contributed by atoms with Gasteiger partial charge in [-0.15, -0.1) is 0 Å². The molecule has 1 atom stereocenters. The maximum atomic E-state index is 9.71. The van der Waals surface area contributed by atoms with E-state index in [4.69, 9.17) is 10.2 Å². The molecule has 0 amide bonds. The number of hydrogen-bond acceptors (Lipinski definition) is 3. The molecule has 0 spiro atoms. The first-order chi connectivity index (χ1) is 7.33. The third kappa shape index (κ3) is 1.87. The molecule has 0 saturated heterocycles. The molecule has 0 fully saturated rings. The predicted molar refractivity (Wildman–Crippen MR) is 57.7 cm³/mol. The van der Waals surface area contributed by atoms with Gasteiger partial charge in [0, 0.05) is 12.1 Å². The van der Waals surface area contributed by atoms with Crippen LogP contribution in [-0.4, -0.2) is 11.7 Å². The van der Waals surface area contributed by atoms with Gasteiger partial charge in [-0.3, -0.25) is 0 Å². The fourth-order valence-electron chi connectivity index (χ4n) is 1.67. The number of rotatable bonds is 3. The minimum Gasteiger partial charge on any atom is -0.508 e. The Bertz CT molecular complexity index is 423. The summed E-state index contributed by atoms with van der Waals surface area (Å²) in [7, 11) is 0. The van der Waals surface area contributed by atoms with Crippen LogP contribution in [0.4, 0.5) is 0 Å². The van der Waals surface area contributed by atoms with Gasteiger partial charge >= 0.3 is 0 Å². The van der Waals surface area contributed by atoms with E-state index < -0.39 is 0 Å². The minimum absolute atomic E-state index is 0.0822. The Morgan fingerprint density at radius 3 is 2.60 bits per heavy atom. The van der Waals surface area contributed by atoms with Gasteiger partial charge in [-0.1, -0.05) is 18.2 Å². The number of nitrogens with two attached hydrogens (primary N) is 1. The molecule has 1 unspecified atom stereocenters. The molecule has 0 saturated carbocycles. The van der Waals surface area contributed by atoms with Crippen LogP contribution < -0.4 is 5.73 Å². The van der Waals surface area contributed by atoms with E-state index in [0.29, 0.717) is 6.54 Å². The first kappa shape index (κ1) is 9.80. The zero-order chi connectivity index (χ0) is 10.7. The van der Waals surface area contributed by atoms with Crippen LogP contribution in [0.1, 0.15) is 17.2 Å². The summed E-state index contributed by atoms with van der Waals surface area (Å²) in [6.45, 7) is 0.408. The fraction of sp³-hybridized carbons (Fsp3) is 0.167. The van der Waals surface area contributed by atoms with E-state index in [1.807, 2.05) is 24.3 Å². The van der Waals surface area contributed by atoms with Gasteiger partial charge < -0.3 is 15.3 Å². The van der Waals surface area contributed by atoms with E-state index in [-0.39, 0.29) is 11.7 Å². The summed E-state index contributed by atoms with van der Waals surface area (Å²) in [6.07, 6.45) is 1.61. The van der Waals surface area contributed by atoms with E-state index in [1.165, 1.54) is 0 Å². The SMILES string of the molecule is NCC(c1ccco1)c1ccccc1O. The topological polar surface area (TPSA) is 59.4 Å². The van der Waals surface area contributed by atoms with Crippen LogP contribution in [0.5, 0.6) is 5.75 Å². The van der Waals surface area contributed by atoms with Crippen LogP contribution in [0.2, 0.25) is 0 Å². The molecular weight excluding hydrogens is 190 g/mol. The first-order valence-corrected chi connectivity index (χ1v) is 4.84. The summed E-state index contributed by atoms with van der Waals surface area (Å²) in [5.41, 5.74) is 6.49. The number of benzene rings is 1. The molecule has 2 rings (SSSR count). The summed E-state index contributed by atoms with van der Waals surface area (Å²) in [5, 5.41) is 9.71. The Kier molecular flexibility index (Phi) is 2.74. The molecule has 1 aromatic heterocycles. The molecule has 0 aliphatic carbocycles. The van der Waals surface area contributed by atoms with Gasteiger partial charge in [-0.2, -0.15) is 0 Å². The van der Waals surface area contributed by atoms with Crippen LogP contribution in [0.15, 0.2) is 47.1 Å². The number of furan rings is 1. The smallest absolute Gasteiger partial charge is 0.119 e. The molecule has 1 aromatic carbocycles. The summed E-state index contributed by atoms with van der Waals surface area (Å²) >= 11 is 0. The lowest BCUT2D eigenvalue weighted by atomic mass is 9.96. The van der Waals surface area contributed by atoms with Crippen LogP contribution >= 0.6 is 0 Å². The molecule has 15 heavy (non-hydrogen) atoms. The lowest BCUT2D eigenvalue weighted by Crippen LogP contribution is -2.13. The summed E-state index contributed by atoms with van der Waals surface area (Å²) in [4.78, 5) is 0. The maximum absolute atomic E-state index is 9.71. The first-order valence-electron chi connectivity index (χ1n) is 4.84. The van der Waals surface area contributed by atoms with Crippen LogP contribution in [0.3, 0.4) is 0 Å². The summed E-state index contributed by atoms with van der Waals surface area (Å²) in [5.74, 6) is 0.949. The van der Waals surface area contributed by atoms with Crippen molar-refractivity contribution in [2.24, 2.45) is 5.73 Å². The highest BCUT2D eigenvalue weighted by Gasteiger charge is 2.17. The predicted octanol–water partition coefficient (Wildman–Crippen LogP) is 2.08. The zero-order valence-corrected chi connectivity index (χ0v) is 8.26. The van der Waals surface area contributed by atoms with Gasteiger partial charge in [-0.25, -0.2) is 0 Å². The average molecular weight is 203 g/mol. The second kappa shape index (κ2) is 4.19. The van der Waals surface area contributed by atoms with E-state index in [2.05, 4.69) is 0 Å². The molecule has 78 valence electrons. The number of phenols is 1. The Morgan fingerprint density at radius 1 is 1.20 bits per heavy atom. The summed E-state index contributed by atoms with van der Waals surface area (Å²) < 4.78 is 5.30. The standard InChI is InChI=1S/C12H13NO2/c13-8-10(12-6-3-7-15-12)9-4-1-2-5-11(9)14/h1-7,10,14H,8,13H2. The van der Waals surface area contributed by atoms with Gasteiger partial charge in [0.2, 0.25) is 0 Å². The third-order valence-electron chi connectivity index (χ3n) is 2.43. The van der Waals surface area contributed by atoms with Crippen LogP contribution in [-0.2, 0) is 0 Å². The van der Waals surface area contributed by atoms with Gasteiger partial charge in [0.25, 0.3) is 0 Å². The fourth-order valence-corrected chi connectivity index (χ4v) is 1.67. The molecule has 0 aliphatic heterocycles. The Labute approximate surface area is 88.1 Å². The molecule has 0 aliphatic rings. The van der Waals surface area contributed by atoms with Gasteiger partial charge in [0.05, 0.1) is 12.2 Å². The van der Waals surface area contributed by atoms with Crippen molar-refractivity contribution in [3.05, 3.63) is 54.0 Å². The van der Waals surface area contributed by atoms with Crippen LogP contribution in [0.25, 0.3) is 0 Å². The highest BCUT2D eigenvalue weighted by atomic mass is 16.3. The van der Waals surface area contributed by atoms with E-state index in [0.717, 1.165) is 11.3 Å². The van der Waals surface area contributed by atoms with Crippen molar-refractivity contribution in [3.8, 4) is 5.75 Å². The molecule has 3 heteroatoms. The molecule has 0 bridgehead atoms. The molecule has 3 nitrogen and oxygen atoms in total. The monoisotopic (exact) mass is 203 g/mol. The second-order valence-electron chi connectivity index (χ2n) is 3.36. The number of hydrogen-bond donors (Lipinski definition) is 2. The minimum atomic E-state index is -0.0822. The van der Waals surface area contributed by atoms with Crippen LogP contribution in [0, 0.1) is 0 Å². The Hall–Kier alpha value is -1.74. The highest BCUT2D eigenvalue weighted by molar-refractivity contribution is 5.39. The van der Waals surface area contributed by atoms with E-state index >= 15 is 0 Å². The average Bonchev–Trinajstić information content (AvgIpc) is 2.75. The quantitative estimate of drug-likeness (QED) is 0.802. The van der Waals surface area contributed by atoms with E-state index in [1.54, 1.807) is 18.4 Å². The van der Waals surface area contributed by atoms with Crippen molar-refractivity contribution < 1.29 is 9.52 Å². The normalized spacial score (nSPS) is 12.6. The summed E-state index contributed by atoms with van der Waals surface area (Å²) in [6, 6.07) is 10.9. The largest absolute Gasteiger partial charge is 0.508 e. The molecule has 0 radical (unpaired) electrons. The van der Waals surface area contributed by atoms with Gasteiger partial charge in [-0.05, 0) is 18.2 Å². The lowest BCUT2D eigenvalue weighted by molar-refractivity contribution is 0.448. The number of para-hydroxylation sites is 1. The van der Waals surface area contributed by atoms with Crippen molar-refractivity contribution in [2.75, 3.05) is 6.54 Å². The molecule has 3 N–H and O–H groups in total. The maximum Gasteiger partial charge on any atom is 0.119 e. The van der Waals surface area contributed by atoms with E-state index in [9.17, 15) is 5.11 Å². The Balaban J connectivity index is 2.40. The van der Waals surface area contributed by atoms with Crippen molar-refractivity contribution in [2.45, 2.75) is 5.92 Å². The molecule has 2 aromatic rings. The van der Waals surface area contributed by atoms with Gasteiger partial charge in [0.1, 0.15) is 11.5 Å². The van der Waals surface area contributed by atoms with Crippen molar-refractivity contribution in [1.29, 1.82) is 0 Å². The van der Waals surface area contributed by atoms with Crippen molar-refractivity contribution in [1.82, 2.24) is 0 Å². The number of aromatic hydroxyl groups is 1. The second-order valence-corrected chi connectivity index (χ2v) is 3.36. The number of phenolic OH excluding ortho intramolecular Hbond substituents is 1. The third-order valence-corrected chi connectivity index (χ3v) is 2.43. The Morgan fingerprint density at radius 2 is 2.00 bits per heavy atom. The van der Waals surface area contributed by atoms with Crippen molar-refractivity contribution >= 4 is 0 Å². The van der Waals surface area contributed by atoms with Gasteiger partial charge in [0.15, 0.2) is 0 Å². The zero-order valence-electron chi connectivity index (χ0n) is 8.26. The molecule has 1 heterocycles. The highest BCUT2D eigenvalue weighted by Crippen LogP contribution is 2.30. The lowest BCUT2D eigenvalue weighted by Gasteiger charge is -2.13.